The van der Waals surface area contributed by atoms with Crippen LogP contribution in [0.2, 0.25) is 0 Å². The first-order chi connectivity index (χ1) is 8.50. The summed E-state index contributed by atoms with van der Waals surface area (Å²) in [4.78, 5) is 11.2. The number of benzene rings is 1. The highest BCUT2D eigenvalue weighted by Crippen LogP contribution is 2.17. The number of rotatable bonds is 6. The lowest BCUT2D eigenvalue weighted by molar-refractivity contribution is -0.123. The summed E-state index contributed by atoms with van der Waals surface area (Å²) in [5, 5.41) is 15.3. The highest BCUT2D eigenvalue weighted by atomic mass is 19.1. The normalized spacial score (nSPS) is 10.7. The fraction of sp³-hybridized carbons (Fsp3) is 0.462. The van der Waals surface area contributed by atoms with E-state index < -0.39 is 0 Å². The predicted molar refractivity (Wildman–Crippen MR) is 67.6 cm³/mol. The van der Waals surface area contributed by atoms with Gasteiger partial charge in [0, 0.05) is 31.1 Å². The molecule has 0 aliphatic rings. The van der Waals surface area contributed by atoms with Crippen LogP contribution in [-0.4, -0.2) is 24.1 Å². The molecule has 0 aromatic heterocycles. The van der Waals surface area contributed by atoms with Gasteiger partial charge in [0.25, 0.3) is 0 Å². The van der Waals surface area contributed by atoms with Crippen LogP contribution in [0.15, 0.2) is 18.2 Å². The molecule has 1 aromatic rings. The fourth-order valence-electron chi connectivity index (χ4n) is 1.40. The Kier molecular flexibility index (Phi) is 5.58. The summed E-state index contributed by atoms with van der Waals surface area (Å²) in [6.07, 6.45) is 0. The van der Waals surface area contributed by atoms with E-state index in [1.807, 2.05) is 13.8 Å². The van der Waals surface area contributed by atoms with Crippen molar-refractivity contribution in [2.45, 2.75) is 20.4 Å². The number of hydrogen-bond donors (Lipinski definition) is 3. The zero-order valence-corrected chi connectivity index (χ0v) is 10.7. The van der Waals surface area contributed by atoms with Gasteiger partial charge in [-0.3, -0.25) is 4.79 Å². The lowest BCUT2D eigenvalue weighted by Gasteiger charge is -2.09. The van der Waals surface area contributed by atoms with Crippen molar-refractivity contribution < 1.29 is 14.3 Å². The third-order valence-electron chi connectivity index (χ3n) is 2.48. The van der Waals surface area contributed by atoms with Gasteiger partial charge in [-0.05, 0) is 18.2 Å². The Morgan fingerprint density at radius 2 is 2.11 bits per heavy atom. The molecule has 1 aromatic carbocycles. The van der Waals surface area contributed by atoms with Crippen molar-refractivity contribution in [3.63, 3.8) is 0 Å². The number of nitrogens with one attached hydrogen (secondary N) is 2. The predicted octanol–water partition coefficient (Wildman–Crippen LogP) is 1.39. The molecule has 0 spiro atoms. The highest BCUT2D eigenvalue weighted by Gasteiger charge is 2.05. The number of phenolic OH excluding ortho intramolecular Hbond substituents is 1. The van der Waals surface area contributed by atoms with Crippen LogP contribution in [0.3, 0.4) is 0 Å². The van der Waals surface area contributed by atoms with Gasteiger partial charge >= 0.3 is 0 Å². The van der Waals surface area contributed by atoms with E-state index in [-0.39, 0.29) is 23.4 Å². The summed E-state index contributed by atoms with van der Waals surface area (Å²) in [5.74, 6) is -0.338. The van der Waals surface area contributed by atoms with E-state index >= 15 is 0 Å². The summed E-state index contributed by atoms with van der Waals surface area (Å²) >= 11 is 0. The Balaban J connectivity index is 2.26. The molecule has 0 atom stereocenters. The average Bonchev–Trinajstić information content (AvgIpc) is 2.32. The summed E-state index contributed by atoms with van der Waals surface area (Å²) in [5.41, 5.74) is 0.505. The summed E-state index contributed by atoms with van der Waals surface area (Å²) in [6, 6.07) is 3.82. The second kappa shape index (κ2) is 6.96. The van der Waals surface area contributed by atoms with Crippen molar-refractivity contribution in [1.82, 2.24) is 10.6 Å². The van der Waals surface area contributed by atoms with Crippen molar-refractivity contribution in [2.24, 2.45) is 5.92 Å². The van der Waals surface area contributed by atoms with Crippen molar-refractivity contribution in [1.29, 1.82) is 0 Å². The molecule has 0 saturated heterocycles. The van der Waals surface area contributed by atoms with Gasteiger partial charge < -0.3 is 15.7 Å². The van der Waals surface area contributed by atoms with E-state index in [9.17, 15) is 14.3 Å². The zero-order valence-electron chi connectivity index (χ0n) is 10.7. The number of halogens is 1. The Morgan fingerprint density at radius 3 is 2.78 bits per heavy atom. The highest BCUT2D eigenvalue weighted by molar-refractivity contribution is 5.77. The van der Waals surface area contributed by atoms with Gasteiger partial charge in [-0.25, -0.2) is 4.39 Å². The van der Waals surface area contributed by atoms with Gasteiger partial charge in [-0.15, -0.1) is 0 Å². The van der Waals surface area contributed by atoms with Crippen LogP contribution in [0.25, 0.3) is 0 Å². The van der Waals surface area contributed by atoms with Crippen molar-refractivity contribution in [3.8, 4) is 5.75 Å². The minimum Gasteiger partial charge on any atom is -0.508 e. The molecule has 0 radical (unpaired) electrons. The molecule has 3 N–H and O–H groups in total. The fourth-order valence-corrected chi connectivity index (χ4v) is 1.40. The number of carbonyl (C=O) groups is 1. The van der Waals surface area contributed by atoms with E-state index in [1.54, 1.807) is 0 Å². The Bertz CT molecular complexity index is 408. The van der Waals surface area contributed by atoms with E-state index in [4.69, 9.17) is 0 Å². The topological polar surface area (TPSA) is 61.4 Å². The molecular formula is C13H19FN2O2. The molecule has 0 heterocycles. The number of aromatic hydroxyl groups is 1. The molecule has 0 unspecified atom stereocenters. The van der Waals surface area contributed by atoms with E-state index in [0.29, 0.717) is 25.2 Å². The molecule has 100 valence electrons. The summed E-state index contributed by atoms with van der Waals surface area (Å²) < 4.78 is 12.9. The summed E-state index contributed by atoms with van der Waals surface area (Å²) in [6.45, 7) is 5.09. The average molecular weight is 254 g/mol. The smallest absolute Gasteiger partial charge is 0.222 e. The maximum Gasteiger partial charge on any atom is 0.222 e. The monoisotopic (exact) mass is 254 g/mol. The van der Waals surface area contributed by atoms with Crippen molar-refractivity contribution in [3.05, 3.63) is 29.6 Å². The lowest BCUT2D eigenvalue weighted by atomic mass is 10.2. The van der Waals surface area contributed by atoms with Crippen LogP contribution in [-0.2, 0) is 11.3 Å². The van der Waals surface area contributed by atoms with Gasteiger partial charge in [0.05, 0.1) is 0 Å². The first-order valence-electron chi connectivity index (χ1n) is 5.96. The van der Waals surface area contributed by atoms with E-state index in [0.717, 1.165) is 0 Å². The van der Waals surface area contributed by atoms with Gasteiger partial charge in [-0.1, -0.05) is 13.8 Å². The second-order valence-corrected chi connectivity index (χ2v) is 4.40. The molecule has 0 fully saturated rings. The molecule has 5 heteroatoms. The van der Waals surface area contributed by atoms with Crippen LogP contribution in [0, 0.1) is 11.7 Å². The van der Waals surface area contributed by atoms with Gasteiger partial charge in [-0.2, -0.15) is 0 Å². The number of amides is 1. The minimum absolute atomic E-state index is 0.00500. The maximum absolute atomic E-state index is 12.9. The van der Waals surface area contributed by atoms with Crippen molar-refractivity contribution >= 4 is 5.91 Å². The van der Waals surface area contributed by atoms with Crippen LogP contribution < -0.4 is 10.6 Å². The number of hydrogen-bond acceptors (Lipinski definition) is 3. The van der Waals surface area contributed by atoms with Crippen molar-refractivity contribution in [2.75, 3.05) is 13.1 Å². The third-order valence-corrected chi connectivity index (χ3v) is 2.48. The first-order valence-corrected chi connectivity index (χ1v) is 5.96. The van der Waals surface area contributed by atoms with E-state index in [2.05, 4.69) is 10.6 Å². The second-order valence-electron chi connectivity index (χ2n) is 4.40. The van der Waals surface area contributed by atoms with Gasteiger partial charge in [0.15, 0.2) is 0 Å². The number of carbonyl (C=O) groups excluding carboxylic acids is 1. The van der Waals surface area contributed by atoms with Crippen LogP contribution in [0.4, 0.5) is 4.39 Å². The maximum atomic E-state index is 12.9. The van der Waals surface area contributed by atoms with Crippen LogP contribution >= 0.6 is 0 Å². The Labute approximate surface area is 106 Å². The molecule has 0 aliphatic heterocycles. The molecular weight excluding hydrogens is 235 g/mol. The standard InChI is InChI=1S/C13H19FN2O2/c1-9(2)13(18)16-6-5-15-8-10-7-11(14)3-4-12(10)17/h3-4,7,9,15,17H,5-6,8H2,1-2H3,(H,16,18). The zero-order chi connectivity index (χ0) is 13.5. The Hall–Kier alpha value is -1.62. The van der Waals surface area contributed by atoms with Gasteiger partial charge in [0.2, 0.25) is 5.91 Å². The van der Waals surface area contributed by atoms with Gasteiger partial charge in [0.1, 0.15) is 11.6 Å². The molecule has 1 amide bonds. The third kappa shape index (κ3) is 4.71. The molecule has 0 aliphatic carbocycles. The van der Waals surface area contributed by atoms with Crippen LogP contribution in [0.1, 0.15) is 19.4 Å². The lowest BCUT2D eigenvalue weighted by Crippen LogP contribution is -2.34. The van der Waals surface area contributed by atoms with E-state index in [1.165, 1.54) is 18.2 Å². The number of phenols is 1. The molecule has 18 heavy (non-hydrogen) atoms. The van der Waals surface area contributed by atoms with Crippen LogP contribution in [0.5, 0.6) is 5.75 Å². The molecule has 4 nitrogen and oxygen atoms in total. The quantitative estimate of drug-likeness (QED) is 0.672. The first kappa shape index (κ1) is 14.4. The Morgan fingerprint density at radius 1 is 1.39 bits per heavy atom. The summed E-state index contributed by atoms with van der Waals surface area (Å²) in [7, 11) is 0. The SMILES string of the molecule is CC(C)C(=O)NCCNCc1cc(F)ccc1O. The molecule has 0 bridgehead atoms. The molecule has 0 saturated carbocycles. The molecule has 1 rings (SSSR count). The minimum atomic E-state index is -0.377. The largest absolute Gasteiger partial charge is 0.508 e.